The number of hydrogen-bond donors (Lipinski definition) is 0. The number of pyridine rings is 1. The Kier molecular flexibility index (Phi) is 12.4. The fraction of sp³-hybridized carbons (Fsp3) is 0.700. The van der Waals surface area contributed by atoms with Crippen molar-refractivity contribution in [3.05, 3.63) is 24.4 Å². The van der Waals surface area contributed by atoms with Gasteiger partial charge in [0.2, 0.25) is 11.0 Å². The smallest absolute Gasteiger partial charge is 0.318 e. The molecule has 0 aliphatic heterocycles. The molecule has 1 aromatic rings. The van der Waals surface area contributed by atoms with E-state index in [1.807, 2.05) is 0 Å². The van der Waals surface area contributed by atoms with Crippen LogP contribution in [0.2, 0.25) is 0 Å². The summed E-state index contributed by atoms with van der Waals surface area (Å²) >= 11 is 1.08. The molecule has 0 saturated heterocycles. The molecule has 1 aromatic heterocycles. The molecular formula is C20H33NO4S2. The summed E-state index contributed by atoms with van der Waals surface area (Å²) < 4.78 is 28.6. The lowest BCUT2D eigenvalue weighted by Crippen LogP contribution is -2.19. The molecular weight excluding hydrogens is 382 g/mol. The maximum absolute atomic E-state index is 11.9. The molecule has 0 fully saturated rings. The first-order valence-corrected chi connectivity index (χ1v) is 12.5. The van der Waals surface area contributed by atoms with Gasteiger partial charge in [-0.1, -0.05) is 83.0 Å². The van der Waals surface area contributed by atoms with Crippen LogP contribution in [0.25, 0.3) is 0 Å². The van der Waals surface area contributed by atoms with Crippen molar-refractivity contribution in [3.63, 3.8) is 0 Å². The average molecular weight is 416 g/mol. The van der Waals surface area contributed by atoms with Crippen LogP contribution in [0, 0.1) is 5.92 Å². The molecule has 0 spiro atoms. The SMILES string of the molecule is CCCCCCCCCC(C)CCSC(=O)CS(=O)(=O)Oc1ccccn1. The third-order valence-corrected chi connectivity index (χ3v) is 6.45. The van der Waals surface area contributed by atoms with Gasteiger partial charge in [-0.15, -0.1) is 0 Å². The third kappa shape index (κ3) is 12.8. The van der Waals surface area contributed by atoms with Gasteiger partial charge in [0.1, 0.15) is 0 Å². The number of aromatic nitrogens is 1. The number of nitrogens with zero attached hydrogens (tertiary/aromatic N) is 1. The standard InChI is InChI=1S/C20H33NO4S2/c1-3-4-5-6-7-8-9-12-18(2)14-16-26-20(22)17-27(23,24)25-19-13-10-11-15-21-19/h10-11,13,15,18H,3-9,12,14,16-17H2,1-2H3. The lowest BCUT2D eigenvalue weighted by molar-refractivity contribution is -0.108. The van der Waals surface area contributed by atoms with Crippen LogP contribution >= 0.6 is 11.8 Å². The Bertz CT molecular complexity index is 620. The molecule has 5 nitrogen and oxygen atoms in total. The summed E-state index contributed by atoms with van der Waals surface area (Å²) in [6, 6.07) is 4.73. The van der Waals surface area contributed by atoms with Crippen LogP contribution in [-0.4, -0.2) is 30.0 Å². The minimum atomic E-state index is -3.94. The van der Waals surface area contributed by atoms with Gasteiger partial charge in [-0.3, -0.25) is 4.79 Å². The van der Waals surface area contributed by atoms with E-state index in [2.05, 4.69) is 18.8 Å². The number of thioether (sulfide) groups is 1. The molecule has 1 heterocycles. The Hall–Kier alpha value is -1.08. The summed E-state index contributed by atoms with van der Waals surface area (Å²) in [5.41, 5.74) is 0. The largest absolute Gasteiger partial charge is 0.361 e. The van der Waals surface area contributed by atoms with Crippen molar-refractivity contribution >= 4 is 27.0 Å². The van der Waals surface area contributed by atoms with Gasteiger partial charge < -0.3 is 4.18 Å². The van der Waals surface area contributed by atoms with E-state index in [0.717, 1.165) is 18.2 Å². The van der Waals surface area contributed by atoms with E-state index in [0.29, 0.717) is 11.7 Å². The van der Waals surface area contributed by atoms with Crippen molar-refractivity contribution in [3.8, 4) is 5.88 Å². The van der Waals surface area contributed by atoms with Gasteiger partial charge in [0.05, 0.1) is 0 Å². The summed E-state index contributed by atoms with van der Waals surface area (Å²) in [6.45, 7) is 4.43. The van der Waals surface area contributed by atoms with E-state index in [9.17, 15) is 13.2 Å². The molecule has 7 heteroatoms. The molecule has 0 N–H and O–H groups in total. The Morgan fingerprint density at radius 3 is 2.48 bits per heavy atom. The molecule has 0 bridgehead atoms. The highest BCUT2D eigenvalue weighted by molar-refractivity contribution is 8.14. The number of hydrogen-bond acceptors (Lipinski definition) is 6. The number of carbonyl (C=O) groups is 1. The van der Waals surface area contributed by atoms with E-state index in [-0.39, 0.29) is 11.0 Å². The van der Waals surface area contributed by atoms with Gasteiger partial charge in [0.25, 0.3) is 0 Å². The normalized spacial score (nSPS) is 12.7. The summed E-state index contributed by atoms with van der Waals surface area (Å²) in [6.07, 6.45) is 12.7. The van der Waals surface area contributed by atoms with E-state index in [1.165, 1.54) is 63.6 Å². The minimum Gasteiger partial charge on any atom is -0.361 e. The van der Waals surface area contributed by atoms with Gasteiger partial charge in [-0.25, -0.2) is 4.98 Å². The molecule has 0 amide bonds. The second-order valence-corrected chi connectivity index (χ2v) is 9.70. The van der Waals surface area contributed by atoms with Crippen LogP contribution in [0.15, 0.2) is 24.4 Å². The number of unbranched alkanes of at least 4 members (excludes halogenated alkanes) is 6. The van der Waals surface area contributed by atoms with Crippen molar-refractivity contribution in [2.45, 2.75) is 71.6 Å². The summed E-state index contributed by atoms with van der Waals surface area (Å²) in [5, 5.41) is -0.381. The van der Waals surface area contributed by atoms with Gasteiger partial charge >= 0.3 is 10.1 Å². The predicted octanol–water partition coefficient (Wildman–Crippen LogP) is 5.22. The molecule has 1 atom stereocenters. The molecule has 0 aliphatic rings. The Labute approximate surface area is 168 Å². The van der Waals surface area contributed by atoms with Crippen LogP contribution in [-0.2, 0) is 14.9 Å². The number of carbonyl (C=O) groups excluding carboxylic acids is 1. The van der Waals surface area contributed by atoms with E-state index >= 15 is 0 Å². The van der Waals surface area contributed by atoms with E-state index < -0.39 is 15.9 Å². The second kappa shape index (κ2) is 14.0. The summed E-state index contributed by atoms with van der Waals surface area (Å²) in [5.74, 6) is 0.566. The fourth-order valence-corrected chi connectivity index (χ4v) is 4.93. The highest BCUT2D eigenvalue weighted by atomic mass is 32.2. The van der Waals surface area contributed by atoms with Gasteiger partial charge in [0, 0.05) is 18.0 Å². The lowest BCUT2D eigenvalue weighted by Gasteiger charge is -2.10. The van der Waals surface area contributed by atoms with E-state index in [1.54, 1.807) is 12.1 Å². The summed E-state index contributed by atoms with van der Waals surface area (Å²) in [4.78, 5) is 15.7. The van der Waals surface area contributed by atoms with Crippen LogP contribution in [0.4, 0.5) is 0 Å². The highest BCUT2D eigenvalue weighted by Crippen LogP contribution is 2.18. The predicted molar refractivity (Wildman–Crippen MR) is 113 cm³/mol. The average Bonchev–Trinajstić information content (AvgIpc) is 2.61. The first kappa shape index (κ1) is 24.0. The van der Waals surface area contributed by atoms with Crippen LogP contribution < -0.4 is 4.18 Å². The maximum atomic E-state index is 11.9. The topological polar surface area (TPSA) is 73.3 Å². The lowest BCUT2D eigenvalue weighted by atomic mass is 10.00. The Balaban J connectivity index is 2.12. The van der Waals surface area contributed by atoms with Crippen molar-refractivity contribution in [1.29, 1.82) is 0 Å². The minimum absolute atomic E-state index is 0.0152. The first-order chi connectivity index (χ1) is 12.9. The summed E-state index contributed by atoms with van der Waals surface area (Å²) in [7, 11) is -3.94. The van der Waals surface area contributed by atoms with Crippen LogP contribution in [0.5, 0.6) is 5.88 Å². The van der Waals surface area contributed by atoms with Crippen molar-refractivity contribution in [1.82, 2.24) is 4.98 Å². The van der Waals surface area contributed by atoms with E-state index in [4.69, 9.17) is 4.18 Å². The molecule has 27 heavy (non-hydrogen) atoms. The molecule has 1 unspecified atom stereocenters. The number of rotatable bonds is 15. The zero-order chi connectivity index (χ0) is 20.0. The zero-order valence-electron chi connectivity index (χ0n) is 16.6. The van der Waals surface area contributed by atoms with Gasteiger partial charge in [-0.05, 0) is 18.4 Å². The van der Waals surface area contributed by atoms with Crippen LogP contribution in [0.1, 0.15) is 71.6 Å². The Morgan fingerprint density at radius 1 is 1.11 bits per heavy atom. The van der Waals surface area contributed by atoms with Crippen molar-refractivity contribution in [2.24, 2.45) is 5.92 Å². The second-order valence-electron chi connectivity index (χ2n) is 6.98. The zero-order valence-corrected chi connectivity index (χ0v) is 18.2. The Morgan fingerprint density at radius 2 is 1.81 bits per heavy atom. The van der Waals surface area contributed by atoms with Gasteiger partial charge in [-0.2, -0.15) is 8.42 Å². The monoisotopic (exact) mass is 415 g/mol. The van der Waals surface area contributed by atoms with Crippen molar-refractivity contribution in [2.75, 3.05) is 11.5 Å². The molecule has 0 aromatic carbocycles. The third-order valence-electron chi connectivity index (χ3n) is 4.32. The quantitative estimate of drug-likeness (QED) is 0.289. The molecule has 154 valence electrons. The fourth-order valence-electron chi connectivity index (χ4n) is 2.71. The molecule has 1 rings (SSSR count). The first-order valence-electron chi connectivity index (χ1n) is 9.91. The highest BCUT2D eigenvalue weighted by Gasteiger charge is 2.19. The van der Waals surface area contributed by atoms with Gasteiger partial charge in [0.15, 0.2) is 5.75 Å². The molecule has 0 aliphatic carbocycles. The van der Waals surface area contributed by atoms with Crippen molar-refractivity contribution < 1.29 is 17.4 Å². The molecule has 0 saturated carbocycles. The maximum Gasteiger partial charge on any atom is 0.318 e. The molecule has 0 radical (unpaired) electrons. The van der Waals surface area contributed by atoms with Crippen LogP contribution in [0.3, 0.4) is 0 Å².